The van der Waals surface area contributed by atoms with Gasteiger partial charge in [-0.1, -0.05) is 5.16 Å². The van der Waals surface area contributed by atoms with Crippen LogP contribution in [0.4, 0.5) is 17.6 Å². The highest BCUT2D eigenvalue weighted by molar-refractivity contribution is 7.89. The van der Waals surface area contributed by atoms with Gasteiger partial charge < -0.3 is 4.52 Å². The number of aromatic nitrogens is 2. The Morgan fingerprint density at radius 2 is 1.92 bits per heavy atom. The molecule has 1 aromatic carbocycles. The third kappa shape index (κ3) is 3.22. The maximum absolute atomic E-state index is 14.4. The molecular weight excluding hydrogens is 398 g/mol. The van der Waals surface area contributed by atoms with Crippen molar-refractivity contribution in [3.05, 3.63) is 39.9 Å². The van der Waals surface area contributed by atoms with Crippen molar-refractivity contribution < 1.29 is 30.5 Å². The highest BCUT2D eigenvalue weighted by Crippen LogP contribution is 2.41. The number of alkyl halides is 2. The lowest BCUT2D eigenvalue weighted by molar-refractivity contribution is 0.113. The van der Waals surface area contributed by atoms with E-state index in [4.69, 9.17) is 5.14 Å². The minimum Gasteiger partial charge on any atom is -0.354 e. The lowest BCUT2D eigenvalue weighted by atomic mass is 10.0. The summed E-state index contributed by atoms with van der Waals surface area (Å²) >= 11 is 1.19. The van der Waals surface area contributed by atoms with Gasteiger partial charge in [0.1, 0.15) is 27.9 Å². The maximum atomic E-state index is 14.4. The molecule has 26 heavy (non-hydrogen) atoms. The van der Waals surface area contributed by atoms with Crippen molar-refractivity contribution in [3.8, 4) is 22.5 Å². The van der Waals surface area contributed by atoms with E-state index in [1.807, 2.05) is 0 Å². The van der Waals surface area contributed by atoms with E-state index in [0.29, 0.717) is 17.1 Å². The Morgan fingerprint density at radius 3 is 2.46 bits per heavy atom. The monoisotopic (exact) mass is 407 g/mol. The van der Waals surface area contributed by atoms with Gasteiger partial charge in [0.25, 0.3) is 6.43 Å². The summed E-state index contributed by atoms with van der Waals surface area (Å²) in [6, 6.07) is 0.772. The third-order valence-corrected chi connectivity index (χ3v) is 5.08. The molecule has 2 N–H and O–H groups in total. The molecule has 0 atom stereocenters. The average molecular weight is 407 g/mol. The lowest BCUT2D eigenvalue weighted by Crippen LogP contribution is -2.14. The summed E-state index contributed by atoms with van der Waals surface area (Å²) in [5, 5.41) is 10.4. The largest absolute Gasteiger partial charge is 0.354 e. The van der Waals surface area contributed by atoms with Crippen molar-refractivity contribution in [2.24, 2.45) is 5.14 Å². The summed E-state index contributed by atoms with van der Waals surface area (Å²) in [6.45, 7) is 1.66. The molecule has 0 fully saturated rings. The van der Waals surface area contributed by atoms with Crippen LogP contribution >= 0.6 is 11.3 Å². The number of thiazole rings is 1. The van der Waals surface area contributed by atoms with Crippen LogP contribution in [0.15, 0.2) is 26.9 Å². The first kappa shape index (κ1) is 18.5. The van der Waals surface area contributed by atoms with Gasteiger partial charge in [-0.2, -0.15) is 0 Å². The van der Waals surface area contributed by atoms with Gasteiger partial charge in [0.05, 0.1) is 10.6 Å². The highest BCUT2D eigenvalue weighted by Gasteiger charge is 2.30. The van der Waals surface area contributed by atoms with Crippen molar-refractivity contribution in [3.63, 3.8) is 0 Å². The van der Waals surface area contributed by atoms with E-state index in [-0.39, 0.29) is 11.4 Å². The van der Waals surface area contributed by atoms with Gasteiger partial charge in [0.15, 0.2) is 0 Å². The van der Waals surface area contributed by atoms with Crippen LogP contribution in [-0.2, 0) is 10.0 Å². The van der Waals surface area contributed by atoms with E-state index in [1.54, 1.807) is 6.92 Å². The van der Waals surface area contributed by atoms with E-state index >= 15 is 0 Å². The molecule has 0 radical (unpaired) electrons. The van der Waals surface area contributed by atoms with E-state index in [9.17, 15) is 26.0 Å². The maximum Gasteiger partial charge on any atom is 0.298 e. The standard InChI is InChI=1S/C14H9F4N3O3S2/c1-5-20-9(4-25-5)12-11(13(14(17)18)24-21-12)6-2-8(16)10(3-7(6)15)26(19,22)23/h2-4,14H,1H3,(H2,19,22,23). The minimum absolute atomic E-state index is 0.133. The molecule has 0 saturated carbocycles. The molecule has 3 rings (SSSR count). The third-order valence-electron chi connectivity index (χ3n) is 3.38. The quantitative estimate of drug-likeness (QED) is 0.666. The molecule has 0 spiro atoms. The number of hydrogen-bond acceptors (Lipinski definition) is 6. The van der Waals surface area contributed by atoms with E-state index in [2.05, 4.69) is 14.7 Å². The average Bonchev–Trinajstić information content (AvgIpc) is 3.14. The zero-order valence-electron chi connectivity index (χ0n) is 12.8. The van der Waals surface area contributed by atoms with Gasteiger partial charge in [-0.05, 0) is 19.1 Å². The number of nitrogens with zero attached hydrogens (tertiary/aromatic N) is 2. The second kappa shape index (κ2) is 6.45. The predicted molar refractivity (Wildman–Crippen MR) is 84.0 cm³/mol. The second-order valence-corrected chi connectivity index (χ2v) is 7.72. The van der Waals surface area contributed by atoms with Crippen LogP contribution in [0.1, 0.15) is 17.2 Å². The van der Waals surface area contributed by atoms with Crippen LogP contribution in [0.25, 0.3) is 22.5 Å². The number of hydrogen-bond donors (Lipinski definition) is 1. The highest BCUT2D eigenvalue weighted by atomic mass is 32.2. The lowest BCUT2D eigenvalue weighted by Gasteiger charge is -2.08. The summed E-state index contributed by atoms with van der Waals surface area (Å²) in [4.78, 5) is 2.97. The summed E-state index contributed by atoms with van der Waals surface area (Å²) in [5.41, 5.74) is -1.24. The van der Waals surface area contributed by atoms with Crippen molar-refractivity contribution in [1.82, 2.24) is 10.1 Å². The molecule has 138 valence electrons. The Bertz CT molecular complexity index is 1090. The van der Waals surface area contributed by atoms with Crippen LogP contribution < -0.4 is 5.14 Å². The normalized spacial score (nSPS) is 12.1. The fourth-order valence-corrected chi connectivity index (χ4v) is 3.49. The molecule has 2 aromatic heterocycles. The number of benzene rings is 1. The number of halogens is 4. The van der Waals surface area contributed by atoms with Gasteiger partial charge in [-0.25, -0.2) is 36.1 Å². The van der Waals surface area contributed by atoms with E-state index < -0.39 is 49.9 Å². The molecule has 0 amide bonds. The Labute approximate surface area is 148 Å². The molecule has 0 aliphatic rings. The van der Waals surface area contributed by atoms with Crippen LogP contribution in [0.2, 0.25) is 0 Å². The first-order chi connectivity index (χ1) is 12.1. The molecule has 0 unspecified atom stereocenters. The Balaban J connectivity index is 2.30. The molecule has 2 heterocycles. The summed E-state index contributed by atoms with van der Waals surface area (Å²) in [5.74, 6) is -3.67. The molecule has 0 saturated heterocycles. The molecule has 0 aliphatic carbocycles. The zero-order chi connectivity index (χ0) is 19.2. The number of primary sulfonamides is 1. The van der Waals surface area contributed by atoms with E-state index in [0.717, 1.165) is 0 Å². The van der Waals surface area contributed by atoms with Gasteiger partial charge in [0.2, 0.25) is 15.8 Å². The summed E-state index contributed by atoms with van der Waals surface area (Å²) < 4.78 is 82.3. The Hall–Kier alpha value is -2.31. The predicted octanol–water partition coefficient (Wildman–Crippen LogP) is 3.64. The van der Waals surface area contributed by atoms with Crippen molar-refractivity contribution in [2.75, 3.05) is 0 Å². The Kier molecular flexibility index (Phi) is 4.58. The molecule has 6 nitrogen and oxygen atoms in total. The van der Waals surface area contributed by atoms with E-state index in [1.165, 1.54) is 16.7 Å². The van der Waals surface area contributed by atoms with Crippen molar-refractivity contribution in [1.29, 1.82) is 0 Å². The van der Waals surface area contributed by atoms with Gasteiger partial charge in [-0.15, -0.1) is 11.3 Å². The fraction of sp³-hybridized carbons (Fsp3) is 0.143. The van der Waals surface area contributed by atoms with Crippen molar-refractivity contribution in [2.45, 2.75) is 18.2 Å². The SMILES string of the molecule is Cc1nc(-c2noc(C(F)F)c2-c2cc(F)c(S(N)(=O)=O)cc2F)cs1. The van der Waals surface area contributed by atoms with Gasteiger partial charge in [0, 0.05) is 10.9 Å². The number of aryl methyl sites for hydroxylation is 1. The van der Waals surface area contributed by atoms with Crippen molar-refractivity contribution >= 4 is 21.4 Å². The Morgan fingerprint density at radius 1 is 1.23 bits per heavy atom. The second-order valence-electron chi connectivity index (χ2n) is 5.13. The minimum atomic E-state index is -4.54. The molecular formula is C14H9F4N3O3S2. The first-order valence-electron chi connectivity index (χ1n) is 6.82. The topological polar surface area (TPSA) is 99.1 Å². The molecule has 12 heteroatoms. The number of nitrogens with two attached hydrogens (primary N) is 1. The van der Waals surface area contributed by atoms with Crippen LogP contribution in [0, 0.1) is 18.6 Å². The summed E-state index contributed by atoms with van der Waals surface area (Å²) in [7, 11) is -4.54. The number of sulfonamides is 1. The van der Waals surface area contributed by atoms with Crippen LogP contribution in [0.5, 0.6) is 0 Å². The molecule has 0 aliphatic heterocycles. The molecule has 3 aromatic rings. The van der Waals surface area contributed by atoms with Gasteiger partial charge in [-0.3, -0.25) is 0 Å². The first-order valence-corrected chi connectivity index (χ1v) is 9.24. The zero-order valence-corrected chi connectivity index (χ0v) is 14.5. The smallest absolute Gasteiger partial charge is 0.298 e. The fourth-order valence-electron chi connectivity index (χ4n) is 2.30. The number of rotatable bonds is 4. The summed E-state index contributed by atoms with van der Waals surface area (Å²) in [6.07, 6.45) is -3.17. The van der Waals surface area contributed by atoms with Crippen LogP contribution in [-0.4, -0.2) is 18.6 Å². The van der Waals surface area contributed by atoms with Crippen LogP contribution in [0.3, 0.4) is 0 Å². The van der Waals surface area contributed by atoms with Gasteiger partial charge >= 0.3 is 0 Å². The molecule has 0 bridgehead atoms.